The van der Waals surface area contributed by atoms with Crippen molar-refractivity contribution < 1.29 is 8.42 Å². The molecular formula is C10H22N2O2S. The van der Waals surface area contributed by atoms with Crippen LogP contribution in [0.25, 0.3) is 0 Å². The molecule has 0 bridgehead atoms. The zero-order valence-electron chi connectivity index (χ0n) is 9.48. The fraction of sp³-hybridized carbons (Fsp3) is 1.00. The summed E-state index contributed by atoms with van der Waals surface area (Å²) < 4.78 is 22.2. The van der Waals surface area contributed by atoms with Crippen LogP contribution >= 0.6 is 0 Å². The second-order valence-corrected chi connectivity index (χ2v) is 6.66. The van der Waals surface area contributed by atoms with Gasteiger partial charge in [0, 0.05) is 25.4 Å². The molecule has 0 aromatic rings. The van der Waals surface area contributed by atoms with Crippen LogP contribution in [0.3, 0.4) is 0 Å². The highest BCUT2D eigenvalue weighted by atomic mass is 32.2. The third-order valence-corrected chi connectivity index (χ3v) is 3.94. The number of nitrogens with two attached hydrogens (primary N) is 1. The molecule has 1 unspecified atom stereocenters. The van der Waals surface area contributed by atoms with Crippen molar-refractivity contribution in [1.82, 2.24) is 4.90 Å². The van der Waals surface area contributed by atoms with Gasteiger partial charge in [0.1, 0.15) is 9.84 Å². The molecule has 1 rings (SSSR count). The van der Waals surface area contributed by atoms with Crippen LogP contribution in [0, 0.1) is 0 Å². The summed E-state index contributed by atoms with van der Waals surface area (Å²) >= 11 is 0. The summed E-state index contributed by atoms with van der Waals surface area (Å²) in [6.07, 6.45) is 6.03. The Bertz CT molecular complexity index is 277. The maximum Gasteiger partial charge on any atom is 0.148 e. The zero-order chi connectivity index (χ0) is 11.3. The van der Waals surface area contributed by atoms with Gasteiger partial charge in [-0.3, -0.25) is 4.90 Å². The van der Waals surface area contributed by atoms with Crippen molar-refractivity contribution in [3.63, 3.8) is 0 Å². The Balaban J connectivity index is 2.48. The van der Waals surface area contributed by atoms with Crippen molar-refractivity contribution in [2.75, 3.05) is 31.6 Å². The van der Waals surface area contributed by atoms with Gasteiger partial charge in [0.25, 0.3) is 0 Å². The molecule has 0 aliphatic carbocycles. The lowest BCUT2D eigenvalue weighted by Crippen LogP contribution is -2.42. The first-order valence-corrected chi connectivity index (χ1v) is 7.71. The van der Waals surface area contributed by atoms with Gasteiger partial charge in [-0.25, -0.2) is 8.42 Å². The lowest BCUT2D eigenvalue weighted by atomic mass is 10.1. The van der Waals surface area contributed by atoms with Crippen molar-refractivity contribution in [2.24, 2.45) is 5.73 Å². The number of sulfone groups is 1. The van der Waals surface area contributed by atoms with Crippen LogP contribution in [-0.2, 0) is 9.84 Å². The van der Waals surface area contributed by atoms with Gasteiger partial charge >= 0.3 is 0 Å². The monoisotopic (exact) mass is 234 g/mol. The molecule has 1 aliphatic rings. The Morgan fingerprint density at radius 2 is 2.07 bits per heavy atom. The second kappa shape index (κ2) is 5.82. The maximum absolute atomic E-state index is 11.1. The molecule has 0 aromatic heterocycles. The summed E-state index contributed by atoms with van der Waals surface area (Å²) in [6.45, 7) is 2.28. The van der Waals surface area contributed by atoms with Crippen LogP contribution in [0.1, 0.15) is 25.7 Å². The van der Waals surface area contributed by atoms with E-state index >= 15 is 0 Å². The molecule has 0 spiro atoms. The predicted molar refractivity (Wildman–Crippen MR) is 62.6 cm³/mol. The van der Waals surface area contributed by atoms with Gasteiger partial charge in [-0.15, -0.1) is 0 Å². The molecular weight excluding hydrogens is 212 g/mol. The topological polar surface area (TPSA) is 63.4 Å². The van der Waals surface area contributed by atoms with E-state index in [-0.39, 0.29) is 5.75 Å². The zero-order valence-corrected chi connectivity index (χ0v) is 10.3. The molecule has 5 heteroatoms. The van der Waals surface area contributed by atoms with Gasteiger partial charge < -0.3 is 5.73 Å². The second-order valence-electron chi connectivity index (χ2n) is 4.40. The molecule has 90 valence electrons. The van der Waals surface area contributed by atoms with E-state index in [0.717, 1.165) is 13.0 Å². The quantitative estimate of drug-likeness (QED) is 0.756. The van der Waals surface area contributed by atoms with Gasteiger partial charge in [-0.2, -0.15) is 0 Å². The number of nitrogens with zero attached hydrogens (tertiary/aromatic N) is 1. The van der Waals surface area contributed by atoms with Gasteiger partial charge in [0.15, 0.2) is 0 Å². The molecule has 0 aromatic carbocycles. The normalized spacial score (nSPS) is 25.1. The van der Waals surface area contributed by atoms with Crippen molar-refractivity contribution in [3.8, 4) is 0 Å². The van der Waals surface area contributed by atoms with E-state index in [2.05, 4.69) is 4.90 Å². The minimum atomic E-state index is -2.85. The minimum Gasteiger partial charge on any atom is -0.329 e. The van der Waals surface area contributed by atoms with Crippen molar-refractivity contribution in [1.29, 1.82) is 0 Å². The average Bonchev–Trinajstić information content (AvgIpc) is 2.37. The van der Waals surface area contributed by atoms with E-state index in [9.17, 15) is 8.42 Å². The summed E-state index contributed by atoms with van der Waals surface area (Å²) in [5.41, 5.74) is 5.71. The van der Waals surface area contributed by atoms with Crippen LogP contribution in [0.5, 0.6) is 0 Å². The highest BCUT2D eigenvalue weighted by Gasteiger charge is 2.20. The lowest BCUT2D eigenvalue weighted by Gasteiger charge is -2.28. The number of hydrogen-bond donors (Lipinski definition) is 1. The first-order valence-electron chi connectivity index (χ1n) is 5.65. The van der Waals surface area contributed by atoms with E-state index in [1.54, 1.807) is 0 Å². The Kier molecular flexibility index (Phi) is 5.02. The van der Waals surface area contributed by atoms with Crippen molar-refractivity contribution >= 4 is 9.84 Å². The Labute approximate surface area is 92.7 Å². The van der Waals surface area contributed by atoms with Gasteiger partial charge in [-0.05, 0) is 19.4 Å². The van der Waals surface area contributed by atoms with Crippen LogP contribution < -0.4 is 5.73 Å². The third kappa shape index (κ3) is 4.95. The van der Waals surface area contributed by atoms with E-state index in [0.29, 0.717) is 19.1 Å². The molecule has 0 amide bonds. The summed E-state index contributed by atoms with van der Waals surface area (Å²) in [4.78, 5) is 2.24. The number of rotatable bonds is 4. The summed E-state index contributed by atoms with van der Waals surface area (Å²) in [5, 5.41) is 0. The fourth-order valence-electron chi connectivity index (χ4n) is 2.08. The molecule has 1 saturated heterocycles. The highest BCUT2D eigenvalue weighted by molar-refractivity contribution is 7.90. The van der Waals surface area contributed by atoms with Crippen molar-refractivity contribution in [2.45, 2.75) is 31.7 Å². The van der Waals surface area contributed by atoms with Crippen LogP contribution in [0.15, 0.2) is 0 Å². The first kappa shape index (κ1) is 12.9. The number of hydrogen-bond acceptors (Lipinski definition) is 4. The van der Waals surface area contributed by atoms with E-state index in [1.807, 2.05) is 0 Å². The molecule has 2 N–H and O–H groups in total. The fourth-order valence-corrected chi connectivity index (χ4v) is 2.65. The molecule has 4 nitrogen and oxygen atoms in total. The van der Waals surface area contributed by atoms with Crippen LogP contribution in [0.4, 0.5) is 0 Å². The Morgan fingerprint density at radius 1 is 1.33 bits per heavy atom. The van der Waals surface area contributed by atoms with E-state index in [4.69, 9.17) is 5.73 Å². The number of likely N-dealkylation sites (tertiary alicyclic amines) is 1. The van der Waals surface area contributed by atoms with Crippen LogP contribution in [0.2, 0.25) is 0 Å². The average molecular weight is 234 g/mol. The summed E-state index contributed by atoms with van der Waals surface area (Å²) in [7, 11) is -2.85. The van der Waals surface area contributed by atoms with E-state index < -0.39 is 9.84 Å². The molecule has 15 heavy (non-hydrogen) atoms. The van der Waals surface area contributed by atoms with Crippen LogP contribution in [-0.4, -0.2) is 51.0 Å². The molecule has 1 heterocycles. The van der Waals surface area contributed by atoms with Gasteiger partial charge in [-0.1, -0.05) is 12.8 Å². The smallest absolute Gasteiger partial charge is 0.148 e. The standard InChI is InChI=1S/C10H22N2O2S/c1-15(13,14)8-7-12-6-4-2-3-5-10(12)9-11/h10H,2-9,11H2,1H3. The van der Waals surface area contributed by atoms with Gasteiger partial charge in [0.05, 0.1) is 5.75 Å². The lowest BCUT2D eigenvalue weighted by molar-refractivity contribution is 0.216. The predicted octanol–water partition coefficient (Wildman–Crippen LogP) is 0.234. The molecule has 0 radical (unpaired) electrons. The highest BCUT2D eigenvalue weighted by Crippen LogP contribution is 2.15. The van der Waals surface area contributed by atoms with Gasteiger partial charge in [0.2, 0.25) is 0 Å². The van der Waals surface area contributed by atoms with E-state index in [1.165, 1.54) is 25.5 Å². The first-order chi connectivity index (χ1) is 7.03. The Hall–Kier alpha value is -0.130. The third-order valence-electron chi connectivity index (χ3n) is 3.02. The maximum atomic E-state index is 11.1. The molecule has 1 atom stereocenters. The largest absolute Gasteiger partial charge is 0.329 e. The van der Waals surface area contributed by atoms with Crippen molar-refractivity contribution in [3.05, 3.63) is 0 Å². The summed E-state index contributed by atoms with van der Waals surface area (Å²) in [6, 6.07) is 0.384. The molecule has 1 aliphatic heterocycles. The SMILES string of the molecule is CS(=O)(=O)CCN1CCCCCC1CN. The Morgan fingerprint density at radius 3 is 2.67 bits per heavy atom. The summed E-state index contributed by atoms with van der Waals surface area (Å²) in [5.74, 6) is 0.253. The molecule has 0 saturated carbocycles. The molecule has 1 fully saturated rings. The minimum absolute atomic E-state index is 0.253.